The first-order valence-electron chi connectivity index (χ1n) is 32.4. The highest BCUT2D eigenvalue weighted by molar-refractivity contribution is 6.13. The van der Waals surface area contributed by atoms with Gasteiger partial charge in [-0.2, -0.15) is 10.5 Å². The molecule has 8 heteroatoms. The van der Waals surface area contributed by atoms with Crippen LogP contribution in [-0.2, 0) is 0 Å². The van der Waals surface area contributed by atoms with Crippen molar-refractivity contribution in [3.63, 3.8) is 0 Å². The van der Waals surface area contributed by atoms with Crippen LogP contribution in [0.25, 0.3) is 172 Å². The van der Waals surface area contributed by atoms with Crippen molar-refractivity contribution in [1.82, 2.24) is 24.1 Å². The van der Waals surface area contributed by atoms with E-state index >= 15 is 0 Å². The first kappa shape index (κ1) is 58.0. The Bertz CT molecular complexity index is 5610. The molecular formula is C90H54N8. The lowest BCUT2D eigenvalue weighted by Gasteiger charge is -2.18. The van der Waals surface area contributed by atoms with E-state index in [0.717, 1.165) is 133 Å². The quantitative estimate of drug-likeness (QED) is 0.113. The van der Waals surface area contributed by atoms with E-state index in [1.807, 2.05) is 115 Å². The fraction of sp³-hybridized carbons (Fsp3) is 0. The van der Waals surface area contributed by atoms with Gasteiger partial charge in [-0.25, -0.2) is 19.8 Å². The Balaban J connectivity index is 0.902. The monoisotopic (exact) mass is 1250 g/mol. The molecule has 0 spiro atoms. The average molecular weight is 1250 g/mol. The van der Waals surface area contributed by atoms with E-state index < -0.39 is 0 Å². The number of hydrogen-bond acceptors (Lipinski definition) is 5. The van der Waals surface area contributed by atoms with Crippen molar-refractivity contribution in [3.8, 4) is 136 Å². The lowest BCUT2D eigenvalue weighted by molar-refractivity contribution is 1.07. The number of aromatic nitrogens is 5. The van der Waals surface area contributed by atoms with Gasteiger partial charge in [0, 0.05) is 55.2 Å². The Hall–Kier alpha value is -13.8. The Kier molecular flexibility index (Phi) is 14.5. The van der Waals surface area contributed by atoms with Crippen LogP contribution in [0, 0.1) is 29.2 Å². The molecule has 3 heterocycles. The first-order valence-corrected chi connectivity index (χ1v) is 32.4. The predicted octanol–water partition coefficient (Wildman–Crippen LogP) is 23.0. The van der Waals surface area contributed by atoms with Gasteiger partial charge < -0.3 is 9.13 Å². The van der Waals surface area contributed by atoms with E-state index in [4.69, 9.17) is 21.5 Å². The molecule has 0 atom stereocenters. The third kappa shape index (κ3) is 10.4. The number of para-hydroxylation sites is 1. The van der Waals surface area contributed by atoms with Crippen LogP contribution < -0.4 is 0 Å². The number of rotatable bonds is 12. The molecule has 0 aliphatic carbocycles. The number of benzene rings is 14. The third-order valence-corrected chi connectivity index (χ3v) is 18.7. The molecule has 0 aliphatic heterocycles. The number of nitriles is 2. The van der Waals surface area contributed by atoms with Crippen molar-refractivity contribution in [2.45, 2.75) is 0 Å². The Morgan fingerprint density at radius 1 is 0.265 bits per heavy atom. The number of hydrogen-bond donors (Lipinski definition) is 0. The van der Waals surface area contributed by atoms with Crippen LogP contribution in [0.1, 0.15) is 11.1 Å². The van der Waals surface area contributed by atoms with Crippen LogP contribution >= 0.6 is 0 Å². The summed E-state index contributed by atoms with van der Waals surface area (Å²) in [7, 11) is 0. The topological polar surface area (TPSA) is 100 Å². The van der Waals surface area contributed by atoms with Gasteiger partial charge in [0.25, 0.3) is 0 Å². The number of nitrogens with zero attached hydrogens (tertiary/aromatic N) is 8. The smallest absolute Gasteiger partial charge is 0.194 e. The lowest BCUT2D eigenvalue weighted by atomic mass is 9.94. The maximum Gasteiger partial charge on any atom is 0.194 e. The molecule has 0 N–H and O–H groups in total. The molecule has 0 aliphatic rings. The molecule has 0 radical (unpaired) electrons. The van der Waals surface area contributed by atoms with Gasteiger partial charge in [-0.15, -0.1) is 0 Å². The van der Waals surface area contributed by atoms with Gasteiger partial charge in [0.15, 0.2) is 23.2 Å². The van der Waals surface area contributed by atoms with Crippen molar-refractivity contribution in [1.29, 1.82) is 10.5 Å². The molecule has 0 amide bonds. The van der Waals surface area contributed by atoms with E-state index in [-0.39, 0.29) is 0 Å². The van der Waals surface area contributed by atoms with Gasteiger partial charge in [0.1, 0.15) is 0 Å². The third-order valence-electron chi connectivity index (χ3n) is 18.7. The summed E-state index contributed by atoms with van der Waals surface area (Å²) >= 11 is 0. The Morgan fingerprint density at radius 2 is 0.622 bits per heavy atom. The van der Waals surface area contributed by atoms with Crippen molar-refractivity contribution < 1.29 is 0 Å². The van der Waals surface area contributed by atoms with Gasteiger partial charge in [0.2, 0.25) is 0 Å². The summed E-state index contributed by atoms with van der Waals surface area (Å²) in [6, 6.07) is 117. The van der Waals surface area contributed by atoms with Crippen LogP contribution in [-0.4, -0.2) is 24.1 Å². The van der Waals surface area contributed by atoms with Crippen LogP contribution in [0.5, 0.6) is 0 Å². The second-order valence-corrected chi connectivity index (χ2v) is 24.4. The van der Waals surface area contributed by atoms with E-state index in [0.29, 0.717) is 51.0 Å². The molecule has 8 nitrogen and oxygen atoms in total. The zero-order valence-corrected chi connectivity index (χ0v) is 52.8. The summed E-state index contributed by atoms with van der Waals surface area (Å²) in [5.74, 6) is 1.17. The van der Waals surface area contributed by atoms with Gasteiger partial charge in [-0.05, 0) is 182 Å². The van der Waals surface area contributed by atoms with Gasteiger partial charge in [-0.1, -0.05) is 218 Å². The van der Waals surface area contributed by atoms with E-state index in [9.17, 15) is 10.5 Å². The molecule has 0 bridgehead atoms. The molecule has 17 aromatic rings. The Morgan fingerprint density at radius 3 is 1.06 bits per heavy atom. The predicted molar refractivity (Wildman–Crippen MR) is 399 cm³/mol. The van der Waals surface area contributed by atoms with E-state index in [1.54, 1.807) is 0 Å². The summed E-state index contributed by atoms with van der Waals surface area (Å²) < 4.78 is 4.64. The molecule has 17 rings (SSSR count). The minimum atomic E-state index is 0.379. The maximum atomic E-state index is 11.0. The normalized spacial score (nSPS) is 11.2. The number of fused-ring (bicyclic) bond motifs is 6. The van der Waals surface area contributed by atoms with Crippen molar-refractivity contribution >= 4 is 49.3 Å². The molecule has 0 saturated carbocycles. The minimum Gasteiger partial charge on any atom is -0.309 e. The molecule has 0 saturated heterocycles. The van der Waals surface area contributed by atoms with E-state index in [2.05, 4.69) is 238 Å². The van der Waals surface area contributed by atoms with Gasteiger partial charge in [0.05, 0.1) is 51.9 Å². The van der Waals surface area contributed by atoms with Gasteiger partial charge in [-0.3, -0.25) is 0 Å². The summed E-state index contributed by atoms with van der Waals surface area (Å²) in [4.78, 5) is 20.7. The fourth-order valence-corrected chi connectivity index (χ4v) is 14.0. The maximum absolute atomic E-state index is 11.0. The van der Waals surface area contributed by atoms with Crippen LogP contribution in [0.2, 0.25) is 0 Å². The molecular weight excluding hydrogens is 1190 g/mol. The highest BCUT2D eigenvalue weighted by Crippen LogP contribution is 2.45. The first-order chi connectivity index (χ1) is 48.4. The molecule has 3 aromatic heterocycles. The minimum absolute atomic E-state index is 0.379. The fourth-order valence-electron chi connectivity index (χ4n) is 14.0. The standard InChI is InChI=1S/C90H54N8/c1-93-83-32-17-16-31-74(83)78-55-72(98-86-47-39-67(61-23-10-4-11-24-61)52-81(86)82-53-68(40-48-87(82)98)62-25-12-5-13-26-62)42-44-76(78)90-95-88(69-29-18-28-64(49-69)63-35-33-58(56-91)34-36-63)94-89(96-90)75-43-41-71(54-77(75)73-30-15-14-27-70(73)57-92)97-84-45-37-65(59-19-6-2-7-20-59)50-79(84)80-51-66(38-46-85(80)97)60-21-8-3-9-22-60/h2-55H. The van der Waals surface area contributed by atoms with Crippen molar-refractivity contribution in [3.05, 3.63) is 350 Å². The highest BCUT2D eigenvalue weighted by Gasteiger charge is 2.25. The second-order valence-electron chi connectivity index (χ2n) is 24.4. The zero-order valence-electron chi connectivity index (χ0n) is 52.8. The molecule has 14 aromatic carbocycles. The largest absolute Gasteiger partial charge is 0.309 e. The molecule has 98 heavy (non-hydrogen) atoms. The summed E-state index contributed by atoms with van der Waals surface area (Å²) in [5, 5.41) is 25.2. The molecule has 0 fully saturated rings. The van der Waals surface area contributed by atoms with Crippen molar-refractivity contribution in [2.75, 3.05) is 0 Å². The summed E-state index contributed by atoms with van der Waals surface area (Å²) in [6.45, 7) is 8.63. The lowest BCUT2D eigenvalue weighted by Crippen LogP contribution is -2.04. The highest BCUT2D eigenvalue weighted by atomic mass is 15.0. The van der Waals surface area contributed by atoms with Crippen LogP contribution in [0.4, 0.5) is 5.69 Å². The second kappa shape index (κ2) is 24.6. The summed E-state index contributed by atoms with van der Waals surface area (Å²) in [5.41, 5.74) is 23.2. The summed E-state index contributed by atoms with van der Waals surface area (Å²) in [6.07, 6.45) is 0. The zero-order chi connectivity index (χ0) is 65.6. The Labute approximate surface area is 566 Å². The SMILES string of the molecule is [C-]#[N+]c1ccccc1-c1cc(-n2c3ccc(-c4ccccc4)cc3c3cc(-c4ccccc4)ccc32)ccc1-c1nc(-c2cccc(-c3ccc(C#N)cc3)c2)nc(-c2ccc(-n3c4ccc(-c5ccccc5)cc4c4cc(-c5ccccc5)ccc43)cc2-c2ccccc2C#N)n1. The van der Waals surface area contributed by atoms with Crippen LogP contribution in [0.15, 0.2) is 328 Å². The molecule has 0 unspecified atom stereocenters. The average Bonchev–Trinajstić information content (AvgIpc) is 1.53. The van der Waals surface area contributed by atoms with Gasteiger partial charge >= 0.3 is 0 Å². The van der Waals surface area contributed by atoms with Crippen molar-refractivity contribution in [2.24, 2.45) is 0 Å². The van der Waals surface area contributed by atoms with Crippen LogP contribution in [0.3, 0.4) is 0 Å². The van der Waals surface area contributed by atoms with E-state index in [1.165, 1.54) is 0 Å². The molecule has 454 valence electrons.